The lowest BCUT2D eigenvalue weighted by Crippen LogP contribution is -2.09. The van der Waals surface area contributed by atoms with Gasteiger partial charge in [0.25, 0.3) is 0 Å². The maximum Gasteiger partial charge on any atom is 0.343 e. The number of esters is 4. The first-order valence-electron chi connectivity index (χ1n) is 18.7. The molecule has 10 heteroatoms. The molecule has 0 aliphatic heterocycles. The first-order chi connectivity index (χ1) is 26.1. The minimum absolute atomic E-state index is 0.204. The van der Waals surface area contributed by atoms with E-state index in [2.05, 4.69) is 13.2 Å². The van der Waals surface area contributed by atoms with Crippen molar-refractivity contribution in [3.63, 3.8) is 0 Å². The number of hydrogen-bond acceptors (Lipinski definition) is 10. The van der Waals surface area contributed by atoms with Gasteiger partial charge >= 0.3 is 23.9 Å². The molecule has 0 radical (unpaired) electrons. The van der Waals surface area contributed by atoms with Gasteiger partial charge in [0.15, 0.2) is 0 Å². The van der Waals surface area contributed by atoms with Crippen molar-refractivity contribution in [2.24, 2.45) is 0 Å². The Bertz CT molecular complexity index is 1630. The fourth-order valence-corrected chi connectivity index (χ4v) is 5.03. The van der Waals surface area contributed by atoms with E-state index < -0.39 is 11.9 Å². The lowest BCUT2D eigenvalue weighted by atomic mass is 10.1. The smallest absolute Gasteiger partial charge is 0.343 e. The first kappa shape index (κ1) is 43.0. The van der Waals surface area contributed by atoms with Gasteiger partial charge < -0.3 is 28.4 Å². The van der Waals surface area contributed by atoms with Crippen LogP contribution in [0.15, 0.2) is 97.1 Å². The van der Waals surface area contributed by atoms with Crippen molar-refractivity contribution in [2.75, 3.05) is 33.0 Å². The van der Waals surface area contributed by atoms with Crippen LogP contribution in [0.1, 0.15) is 104 Å². The summed E-state index contributed by atoms with van der Waals surface area (Å²) in [5.74, 6) is 0.224. The van der Waals surface area contributed by atoms with E-state index in [0.717, 1.165) is 69.8 Å². The molecule has 54 heavy (non-hydrogen) atoms. The van der Waals surface area contributed by atoms with E-state index in [-0.39, 0.29) is 18.5 Å². The molecule has 0 aromatic heterocycles. The van der Waals surface area contributed by atoms with E-state index in [1.54, 1.807) is 74.5 Å². The van der Waals surface area contributed by atoms with Crippen LogP contribution in [0, 0.1) is 0 Å². The van der Waals surface area contributed by atoms with Crippen LogP contribution in [0.4, 0.5) is 0 Å². The Morgan fingerprint density at radius 1 is 0.444 bits per heavy atom. The molecule has 10 nitrogen and oxygen atoms in total. The SMILES string of the molecule is C=C(C)C(=O)OCCCCCCCOc1ccc(C(=O)OCCc2ccc(OC(=O)c3ccc(OCCCCCCCOC(=O)C(=C)C)cc3)cc2)cc1. The summed E-state index contributed by atoms with van der Waals surface area (Å²) in [5.41, 5.74) is 2.62. The van der Waals surface area contributed by atoms with Gasteiger partial charge in [0.1, 0.15) is 17.2 Å². The highest BCUT2D eigenvalue weighted by Crippen LogP contribution is 2.19. The standard InChI is InChI=1S/C44H54O10/c1-33(2)41(45)51-30-13-9-5-7-11-28-49-38-23-17-36(18-24-38)43(47)53-32-27-35-15-21-40(22-16-35)54-44(48)37-19-25-39(26-20-37)50-29-12-8-6-10-14-31-52-42(46)34(3)4/h15-26H,1,3,5-14,27-32H2,2,4H3. The second kappa shape index (κ2) is 24.8. The molecule has 0 aliphatic rings. The predicted molar refractivity (Wildman–Crippen MR) is 207 cm³/mol. The third-order valence-electron chi connectivity index (χ3n) is 8.22. The summed E-state index contributed by atoms with van der Waals surface area (Å²) in [6, 6.07) is 20.8. The Kier molecular flexibility index (Phi) is 19.7. The zero-order valence-corrected chi connectivity index (χ0v) is 31.7. The van der Waals surface area contributed by atoms with Gasteiger partial charge in [-0.25, -0.2) is 19.2 Å². The van der Waals surface area contributed by atoms with Crippen LogP contribution < -0.4 is 14.2 Å². The van der Waals surface area contributed by atoms with E-state index >= 15 is 0 Å². The van der Waals surface area contributed by atoms with Crippen LogP contribution in [0.3, 0.4) is 0 Å². The Balaban J connectivity index is 1.24. The number of carbonyl (C=O) groups is 4. The average molecular weight is 743 g/mol. The Labute approximate surface area is 319 Å². The molecule has 0 saturated carbocycles. The summed E-state index contributed by atoms with van der Waals surface area (Å²) in [6.07, 6.45) is 10.0. The molecule has 290 valence electrons. The van der Waals surface area contributed by atoms with Crippen molar-refractivity contribution in [2.45, 2.75) is 84.5 Å². The number of unbranched alkanes of at least 4 members (excludes halogenated alkanes) is 8. The van der Waals surface area contributed by atoms with Crippen molar-refractivity contribution in [1.29, 1.82) is 0 Å². The topological polar surface area (TPSA) is 124 Å². The van der Waals surface area contributed by atoms with Gasteiger partial charge in [0.2, 0.25) is 0 Å². The second-order valence-corrected chi connectivity index (χ2v) is 13.0. The fourth-order valence-electron chi connectivity index (χ4n) is 5.03. The summed E-state index contributed by atoms with van der Waals surface area (Å²) >= 11 is 0. The number of hydrogen-bond donors (Lipinski definition) is 0. The Hall–Kier alpha value is -5.38. The van der Waals surface area contributed by atoms with E-state index in [1.807, 2.05) is 12.1 Å². The van der Waals surface area contributed by atoms with E-state index in [0.29, 0.717) is 72.4 Å². The highest BCUT2D eigenvalue weighted by molar-refractivity contribution is 5.91. The maximum absolute atomic E-state index is 12.7. The third-order valence-corrected chi connectivity index (χ3v) is 8.22. The van der Waals surface area contributed by atoms with Gasteiger partial charge in [-0.15, -0.1) is 0 Å². The molecular formula is C44H54O10. The van der Waals surface area contributed by atoms with Crippen molar-refractivity contribution >= 4 is 23.9 Å². The van der Waals surface area contributed by atoms with E-state index in [4.69, 9.17) is 28.4 Å². The largest absolute Gasteiger partial charge is 0.494 e. The third kappa shape index (κ3) is 17.4. The molecule has 3 aromatic carbocycles. The predicted octanol–water partition coefficient (Wildman–Crippen LogP) is 9.20. The maximum atomic E-state index is 12.7. The molecule has 0 fully saturated rings. The molecule has 3 aromatic rings. The summed E-state index contributed by atoms with van der Waals surface area (Å²) < 4.78 is 32.7. The zero-order valence-electron chi connectivity index (χ0n) is 31.7. The molecule has 0 unspecified atom stereocenters. The second-order valence-electron chi connectivity index (χ2n) is 13.0. The minimum Gasteiger partial charge on any atom is -0.494 e. The molecule has 3 rings (SSSR count). The minimum atomic E-state index is -0.471. The number of rotatable bonds is 26. The summed E-state index contributed by atoms with van der Waals surface area (Å²) in [7, 11) is 0. The molecule has 0 atom stereocenters. The summed E-state index contributed by atoms with van der Waals surface area (Å²) in [5, 5.41) is 0. The number of carbonyl (C=O) groups excluding carboxylic acids is 4. The van der Waals surface area contributed by atoms with Crippen LogP contribution in [-0.2, 0) is 30.2 Å². The number of benzene rings is 3. The zero-order chi connectivity index (χ0) is 39.0. The summed E-state index contributed by atoms with van der Waals surface area (Å²) in [6.45, 7) is 12.6. The quantitative estimate of drug-likeness (QED) is 0.0259. The molecule has 0 amide bonds. The van der Waals surface area contributed by atoms with E-state index in [1.165, 1.54) is 0 Å². The highest BCUT2D eigenvalue weighted by Gasteiger charge is 2.11. The van der Waals surface area contributed by atoms with Crippen molar-refractivity contribution < 1.29 is 47.6 Å². The van der Waals surface area contributed by atoms with Crippen molar-refractivity contribution in [1.82, 2.24) is 0 Å². The lowest BCUT2D eigenvalue weighted by molar-refractivity contribution is -0.139. The summed E-state index contributed by atoms with van der Waals surface area (Å²) in [4.78, 5) is 47.9. The molecule has 0 aliphatic carbocycles. The van der Waals surface area contributed by atoms with Gasteiger partial charge in [-0.3, -0.25) is 0 Å². The molecule has 0 N–H and O–H groups in total. The van der Waals surface area contributed by atoms with E-state index in [9.17, 15) is 19.2 Å². The normalized spacial score (nSPS) is 10.6. The van der Waals surface area contributed by atoms with Crippen LogP contribution in [-0.4, -0.2) is 56.9 Å². The fraction of sp³-hybridized carbons (Fsp3) is 0.409. The van der Waals surface area contributed by atoms with Crippen LogP contribution >= 0.6 is 0 Å². The van der Waals surface area contributed by atoms with Crippen LogP contribution in [0.2, 0.25) is 0 Å². The average Bonchev–Trinajstić information content (AvgIpc) is 3.17. The Morgan fingerprint density at radius 2 is 0.833 bits per heavy atom. The molecular weight excluding hydrogens is 688 g/mol. The molecule has 0 spiro atoms. The van der Waals surface area contributed by atoms with Gasteiger partial charge in [-0.05, 0) is 106 Å². The Morgan fingerprint density at radius 3 is 1.28 bits per heavy atom. The first-order valence-corrected chi connectivity index (χ1v) is 18.7. The molecule has 0 saturated heterocycles. The highest BCUT2D eigenvalue weighted by atomic mass is 16.5. The van der Waals surface area contributed by atoms with Crippen LogP contribution in [0.25, 0.3) is 0 Å². The van der Waals surface area contributed by atoms with Gasteiger partial charge in [-0.2, -0.15) is 0 Å². The van der Waals surface area contributed by atoms with Gasteiger partial charge in [0, 0.05) is 17.6 Å². The molecule has 0 heterocycles. The van der Waals surface area contributed by atoms with Gasteiger partial charge in [0.05, 0.1) is 44.2 Å². The van der Waals surface area contributed by atoms with Crippen LogP contribution in [0.5, 0.6) is 17.2 Å². The number of ether oxygens (including phenoxy) is 6. The monoisotopic (exact) mass is 742 g/mol. The van der Waals surface area contributed by atoms with Crippen molar-refractivity contribution in [3.8, 4) is 17.2 Å². The van der Waals surface area contributed by atoms with Gasteiger partial charge in [-0.1, -0.05) is 63.8 Å². The molecule has 0 bridgehead atoms. The van der Waals surface area contributed by atoms with Crippen molar-refractivity contribution in [3.05, 3.63) is 114 Å². The lowest BCUT2D eigenvalue weighted by Gasteiger charge is -2.09.